The largest absolute Gasteiger partial charge is 0.382 e. The number of aliphatic hydroxyl groups is 1. The van der Waals surface area contributed by atoms with Gasteiger partial charge in [0.05, 0.1) is 5.69 Å². The number of pyridine rings is 1. The fourth-order valence-electron chi connectivity index (χ4n) is 1.43. The van der Waals surface area contributed by atoms with E-state index in [0.29, 0.717) is 0 Å². The van der Waals surface area contributed by atoms with Crippen LogP contribution in [0.4, 0.5) is 0 Å². The summed E-state index contributed by atoms with van der Waals surface area (Å²) in [6, 6.07) is 5.72. The van der Waals surface area contributed by atoms with Crippen LogP contribution in [-0.4, -0.2) is 33.1 Å². The van der Waals surface area contributed by atoms with Crippen LogP contribution in [0, 0.1) is 0 Å². The van der Waals surface area contributed by atoms with Crippen molar-refractivity contribution in [2.45, 2.75) is 5.60 Å². The molecule has 2 nitrogen and oxygen atoms in total. The maximum atomic E-state index is 10.4. The summed E-state index contributed by atoms with van der Waals surface area (Å²) in [5, 5.41) is 10.4. The summed E-state index contributed by atoms with van der Waals surface area (Å²) in [5.74, 6) is 3.77. The Labute approximate surface area is 92.5 Å². The Bertz CT molecular complexity index is 283. The lowest BCUT2D eigenvalue weighted by molar-refractivity contribution is 0.0848. The van der Waals surface area contributed by atoms with Crippen molar-refractivity contribution in [1.29, 1.82) is 0 Å². The predicted octanol–water partition coefficient (Wildman–Crippen LogP) is 1.75. The average Bonchev–Trinajstić information content (AvgIpc) is 2.46. The number of rotatable bonds is 1. The standard InChI is InChI=1S/C10H13NOS2/c12-10(7-13-5-6-14-8-10)9-3-1-2-4-11-9/h1-4,12H,5-8H2. The van der Waals surface area contributed by atoms with E-state index in [-0.39, 0.29) is 0 Å². The molecule has 1 N–H and O–H groups in total. The molecule has 76 valence electrons. The van der Waals surface area contributed by atoms with Crippen LogP contribution in [0.25, 0.3) is 0 Å². The first-order valence-electron chi connectivity index (χ1n) is 4.61. The number of thioether (sulfide) groups is 2. The van der Waals surface area contributed by atoms with Crippen molar-refractivity contribution in [1.82, 2.24) is 4.98 Å². The molecule has 1 aromatic rings. The highest BCUT2D eigenvalue weighted by Gasteiger charge is 2.31. The molecule has 14 heavy (non-hydrogen) atoms. The molecular weight excluding hydrogens is 214 g/mol. The molecule has 4 heteroatoms. The molecule has 0 bridgehead atoms. The lowest BCUT2D eigenvalue weighted by atomic mass is 10.0. The van der Waals surface area contributed by atoms with Crippen molar-refractivity contribution in [3.05, 3.63) is 30.1 Å². The lowest BCUT2D eigenvalue weighted by Crippen LogP contribution is -2.32. The Balaban J connectivity index is 2.21. The highest BCUT2D eigenvalue weighted by atomic mass is 32.2. The smallest absolute Gasteiger partial charge is 0.124 e. The van der Waals surface area contributed by atoms with Gasteiger partial charge in [0.2, 0.25) is 0 Å². The van der Waals surface area contributed by atoms with E-state index < -0.39 is 5.60 Å². The van der Waals surface area contributed by atoms with Crippen LogP contribution in [0.2, 0.25) is 0 Å². The second-order valence-corrected chi connectivity index (χ2v) is 5.56. The number of aromatic nitrogens is 1. The summed E-state index contributed by atoms with van der Waals surface area (Å²) < 4.78 is 0. The lowest BCUT2D eigenvalue weighted by Gasteiger charge is -2.24. The van der Waals surface area contributed by atoms with Gasteiger partial charge in [-0.1, -0.05) is 6.07 Å². The zero-order valence-electron chi connectivity index (χ0n) is 7.85. The minimum atomic E-state index is -0.729. The normalized spacial score (nSPS) is 21.5. The average molecular weight is 227 g/mol. The molecule has 1 saturated heterocycles. The first-order valence-corrected chi connectivity index (χ1v) is 6.92. The van der Waals surface area contributed by atoms with E-state index in [1.54, 1.807) is 29.7 Å². The van der Waals surface area contributed by atoms with Gasteiger partial charge in [0.15, 0.2) is 0 Å². The van der Waals surface area contributed by atoms with Crippen LogP contribution in [0.5, 0.6) is 0 Å². The van der Waals surface area contributed by atoms with E-state index >= 15 is 0 Å². The second-order valence-electron chi connectivity index (χ2n) is 3.35. The summed E-state index contributed by atoms with van der Waals surface area (Å²) in [4.78, 5) is 4.24. The van der Waals surface area contributed by atoms with E-state index in [9.17, 15) is 5.11 Å². The number of hydrogen-bond acceptors (Lipinski definition) is 4. The molecule has 0 radical (unpaired) electrons. The predicted molar refractivity (Wildman–Crippen MR) is 62.8 cm³/mol. The molecule has 0 amide bonds. The van der Waals surface area contributed by atoms with Crippen molar-refractivity contribution < 1.29 is 5.11 Å². The molecule has 2 rings (SSSR count). The van der Waals surface area contributed by atoms with E-state index in [1.807, 2.05) is 18.2 Å². The molecule has 0 atom stereocenters. The summed E-state index contributed by atoms with van der Waals surface area (Å²) in [7, 11) is 0. The van der Waals surface area contributed by atoms with Crippen LogP contribution in [0.3, 0.4) is 0 Å². The van der Waals surface area contributed by atoms with Crippen molar-refractivity contribution in [3.8, 4) is 0 Å². The summed E-state index contributed by atoms with van der Waals surface area (Å²) in [5.41, 5.74) is 0.0782. The molecule has 1 aliphatic rings. The molecule has 1 aliphatic heterocycles. The van der Waals surface area contributed by atoms with Gasteiger partial charge in [-0.25, -0.2) is 0 Å². The highest BCUT2D eigenvalue weighted by molar-refractivity contribution is 8.03. The zero-order chi connectivity index (χ0) is 9.86. The Hall–Kier alpha value is -0.190. The molecule has 0 aliphatic carbocycles. The number of nitrogens with zero attached hydrogens (tertiary/aromatic N) is 1. The van der Waals surface area contributed by atoms with Gasteiger partial charge in [-0.3, -0.25) is 4.98 Å². The third-order valence-corrected chi connectivity index (χ3v) is 4.80. The minimum Gasteiger partial charge on any atom is -0.382 e. The van der Waals surface area contributed by atoms with Gasteiger partial charge in [0.25, 0.3) is 0 Å². The number of hydrogen-bond donors (Lipinski definition) is 1. The second kappa shape index (κ2) is 4.55. The Morgan fingerprint density at radius 1 is 1.21 bits per heavy atom. The monoisotopic (exact) mass is 227 g/mol. The van der Waals surface area contributed by atoms with Crippen molar-refractivity contribution in [3.63, 3.8) is 0 Å². The summed E-state index contributed by atoms with van der Waals surface area (Å²) >= 11 is 3.61. The van der Waals surface area contributed by atoms with Crippen molar-refractivity contribution >= 4 is 23.5 Å². The van der Waals surface area contributed by atoms with Crippen molar-refractivity contribution in [2.75, 3.05) is 23.0 Å². The van der Waals surface area contributed by atoms with Crippen LogP contribution in [-0.2, 0) is 5.60 Å². The minimum absolute atomic E-state index is 0.729. The molecule has 1 aromatic heterocycles. The van der Waals surface area contributed by atoms with Gasteiger partial charge in [0.1, 0.15) is 5.60 Å². The Kier molecular flexibility index (Phi) is 3.36. The van der Waals surface area contributed by atoms with Gasteiger partial charge >= 0.3 is 0 Å². The van der Waals surface area contributed by atoms with E-state index in [2.05, 4.69) is 4.98 Å². The molecule has 0 saturated carbocycles. The van der Waals surface area contributed by atoms with Gasteiger partial charge in [-0.05, 0) is 12.1 Å². The van der Waals surface area contributed by atoms with E-state index in [0.717, 1.165) is 28.7 Å². The fraction of sp³-hybridized carbons (Fsp3) is 0.500. The SMILES string of the molecule is OC1(c2ccccn2)CSCCSC1. The van der Waals surface area contributed by atoms with Gasteiger partial charge in [0, 0.05) is 29.2 Å². The Morgan fingerprint density at radius 2 is 1.93 bits per heavy atom. The van der Waals surface area contributed by atoms with Gasteiger partial charge in [-0.2, -0.15) is 23.5 Å². The maximum Gasteiger partial charge on any atom is 0.124 e. The van der Waals surface area contributed by atoms with Crippen LogP contribution in [0.15, 0.2) is 24.4 Å². The molecule has 1 fully saturated rings. The zero-order valence-corrected chi connectivity index (χ0v) is 9.48. The molecule has 2 heterocycles. The first kappa shape index (κ1) is 10.3. The summed E-state index contributed by atoms with van der Waals surface area (Å²) in [6.07, 6.45) is 1.74. The Morgan fingerprint density at radius 3 is 2.50 bits per heavy atom. The van der Waals surface area contributed by atoms with Crippen LogP contribution in [0.1, 0.15) is 5.69 Å². The maximum absolute atomic E-state index is 10.4. The third kappa shape index (κ3) is 2.24. The van der Waals surface area contributed by atoms with Gasteiger partial charge < -0.3 is 5.11 Å². The molecular formula is C10H13NOS2. The fourth-order valence-corrected chi connectivity index (χ4v) is 3.96. The topological polar surface area (TPSA) is 33.1 Å². The van der Waals surface area contributed by atoms with Crippen LogP contribution < -0.4 is 0 Å². The summed E-state index contributed by atoms with van der Waals surface area (Å²) in [6.45, 7) is 0. The molecule has 0 unspecified atom stereocenters. The van der Waals surface area contributed by atoms with E-state index in [4.69, 9.17) is 0 Å². The molecule has 0 aromatic carbocycles. The molecule has 0 spiro atoms. The first-order chi connectivity index (χ1) is 6.81. The third-order valence-electron chi connectivity index (χ3n) is 2.20. The quantitative estimate of drug-likeness (QED) is 0.792. The van der Waals surface area contributed by atoms with E-state index in [1.165, 1.54) is 0 Å². The van der Waals surface area contributed by atoms with Crippen molar-refractivity contribution in [2.24, 2.45) is 0 Å². The highest BCUT2D eigenvalue weighted by Crippen LogP contribution is 2.31. The van der Waals surface area contributed by atoms with Crippen LogP contribution >= 0.6 is 23.5 Å². The van der Waals surface area contributed by atoms with Gasteiger partial charge in [-0.15, -0.1) is 0 Å².